The van der Waals surface area contributed by atoms with E-state index in [0.717, 1.165) is 31.2 Å². The molecular weight excluding hydrogens is 456 g/mol. The Morgan fingerprint density at radius 1 is 1.00 bits per heavy atom. The lowest BCUT2D eigenvalue weighted by Gasteiger charge is -2.26. The van der Waals surface area contributed by atoms with Gasteiger partial charge in [0.25, 0.3) is 5.91 Å². The molecule has 5 nitrogen and oxygen atoms in total. The summed E-state index contributed by atoms with van der Waals surface area (Å²) in [7, 11) is 0. The number of nitriles is 1. The Morgan fingerprint density at radius 2 is 1.56 bits per heavy atom. The van der Waals surface area contributed by atoms with Gasteiger partial charge in [-0.2, -0.15) is 18.4 Å². The van der Waals surface area contributed by atoms with Gasteiger partial charge in [0, 0.05) is 11.6 Å². The van der Waals surface area contributed by atoms with Crippen molar-refractivity contribution < 1.29 is 49.4 Å². The highest BCUT2D eigenvalue weighted by atomic mass is 19.4. The van der Waals surface area contributed by atoms with Crippen molar-refractivity contribution in [2.75, 3.05) is 6.54 Å². The first-order valence-electron chi connectivity index (χ1n) is 8.44. The zero-order valence-corrected chi connectivity index (χ0v) is 15.9. The number of carbonyl (C=O) groups is 1. The maximum Gasteiger partial charge on any atom is 0.573 e. The van der Waals surface area contributed by atoms with E-state index in [1.165, 1.54) is 6.07 Å². The Morgan fingerprint density at radius 3 is 2.06 bits per heavy atom. The second-order valence-corrected chi connectivity index (χ2v) is 6.46. The summed E-state index contributed by atoms with van der Waals surface area (Å²) >= 11 is 0. The molecule has 0 aliphatic carbocycles. The fraction of sp³-hybridized carbons (Fsp3) is 0.263. The van der Waals surface area contributed by atoms with Crippen molar-refractivity contribution in [1.29, 1.82) is 5.26 Å². The minimum absolute atomic E-state index is 0.120. The number of ether oxygens (including phenoxy) is 2. The lowest BCUT2D eigenvalue weighted by Crippen LogP contribution is -2.44. The van der Waals surface area contributed by atoms with Gasteiger partial charge in [-0.3, -0.25) is 4.79 Å². The van der Waals surface area contributed by atoms with Crippen molar-refractivity contribution in [1.82, 2.24) is 5.32 Å². The van der Waals surface area contributed by atoms with E-state index in [9.17, 15) is 45.2 Å². The van der Waals surface area contributed by atoms with Crippen molar-refractivity contribution in [2.45, 2.75) is 25.1 Å². The average Bonchev–Trinajstić information content (AvgIpc) is 2.67. The first kappa shape index (κ1) is 24.7. The first-order valence-corrected chi connectivity index (χ1v) is 8.44. The van der Waals surface area contributed by atoms with Gasteiger partial charge in [-0.1, -0.05) is 0 Å². The van der Waals surface area contributed by atoms with Gasteiger partial charge in [0.15, 0.2) is 11.6 Å². The van der Waals surface area contributed by atoms with Crippen LogP contribution in [0.3, 0.4) is 0 Å². The summed E-state index contributed by atoms with van der Waals surface area (Å²) in [4.78, 5) is 12.2. The Labute approximate surface area is 175 Å². The van der Waals surface area contributed by atoms with Crippen molar-refractivity contribution in [3.05, 3.63) is 59.2 Å². The van der Waals surface area contributed by atoms with Gasteiger partial charge in [0.2, 0.25) is 5.60 Å². The largest absolute Gasteiger partial charge is 0.573 e. The maximum atomic E-state index is 13.4. The molecule has 1 atom stereocenters. The second kappa shape index (κ2) is 8.89. The molecule has 0 saturated carbocycles. The fourth-order valence-electron chi connectivity index (χ4n) is 2.33. The number of halogens is 8. The Hall–Kier alpha value is -3.56. The standard InChI is InChI=1S/C19H12F8N2O3/c1-17(8-28,32-15-7-14(21)13(20)6-12(15)18(22,23)24)9-29-16(30)10-2-4-11(5-3-10)31-19(25,26)27/h2-7H,9H2,1H3,(H,29,30). The van der Waals surface area contributed by atoms with Crippen LogP contribution >= 0.6 is 0 Å². The summed E-state index contributed by atoms with van der Waals surface area (Å²) in [5.74, 6) is -6.12. The Balaban J connectivity index is 2.16. The molecule has 2 aromatic rings. The summed E-state index contributed by atoms with van der Waals surface area (Å²) in [6, 6.07) is 5.14. The summed E-state index contributed by atoms with van der Waals surface area (Å²) in [5.41, 5.74) is -3.99. The van der Waals surface area contributed by atoms with Crippen LogP contribution in [0.2, 0.25) is 0 Å². The number of hydrogen-bond acceptors (Lipinski definition) is 4. The van der Waals surface area contributed by atoms with Gasteiger partial charge in [0.05, 0.1) is 6.54 Å². The van der Waals surface area contributed by atoms with Crippen molar-refractivity contribution >= 4 is 5.91 Å². The topological polar surface area (TPSA) is 71.4 Å². The summed E-state index contributed by atoms with van der Waals surface area (Å²) in [6.45, 7) is 0.272. The highest BCUT2D eigenvalue weighted by Gasteiger charge is 2.38. The third kappa shape index (κ3) is 6.47. The van der Waals surface area contributed by atoms with Gasteiger partial charge in [0.1, 0.15) is 23.1 Å². The summed E-state index contributed by atoms with van der Waals surface area (Å²) < 4.78 is 111. The van der Waals surface area contributed by atoms with Crippen LogP contribution in [0.4, 0.5) is 35.1 Å². The molecule has 0 spiro atoms. The van der Waals surface area contributed by atoms with E-state index in [4.69, 9.17) is 4.74 Å². The molecule has 1 amide bonds. The van der Waals surface area contributed by atoms with E-state index >= 15 is 0 Å². The maximum absolute atomic E-state index is 13.4. The molecule has 172 valence electrons. The fourth-order valence-corrected chi connectivity index (χ4v) is 2.33. The van der Waals surface area contributed by atoms with Crippen molar-refractivity contribution in [3.63, 3.8) is 0 Å². The van der Waals surface area contributed by atoms with Gasteiger partial charge in [-0.25, -0.2) is 8.78 Å². The molecule has 0 bridgehead atoms. The lowest BCUT2D eigenvalue weighted by molar-refractivity contribution is -0.274. The van der Waals surface area contributed by atoms with E-state index in [1.807, 2.05) is 0 Å². The van der Waals surface area contributed by atoms with E-state index in [1.54, 1.807) is 0 Å². The number of carbonyl (C=O) groups excluding carboxylic acids is 1. The molecule has 2 aromatic carbocycles. The van der Waals surface area contributed by atoms with E-state index in [-0.39, 0.29) is 17.7 Å². The van der Waals surface area contributed by atoms with E-state index < -0.39 is 59.3 Å². The molecule has 0 radical (unpaired) electrons. The molecule has 0 fully saturated rings. The molecule has 0 aliphatic rings. The van der Waals surface area contributed by atoms with Crippen LogP contribution in [-0.2, 0) is 6.18 Å². The summed E-state index contributed by atoms with van der Waals surface area (Å²) in [5, 5.41) is 11.5. The predicted molar refractivity (Wildman–Crippen MR) is 91.5 cm³/mol. The van der Waals surface area contributed by atoms with Crippen LogP contribution in [0.15, 0.2) is 36.4 Å². The third-order valence-corrected chi connectivity index (χ3v) is 3.84. The minimum Gasteiger partial charge on any atom is -0.470 e. The smallest absolute Gasteiger partial charge is 0.470 e. The minimum atomic E-state index is -5.14. The van der Waals surface area contributed by atoms with Gasteiger partial charge >= 0.3 is 12.5 Å². The lowest BCUT2D eigenvalue weighted by atomic mass is 10.1. The molecule has 1 N–H and O–H groups in total. The second-order valence-electron chi connectivity index (χ2n) is 6.46. The van der Waals surface area contributed by atoms with Crippen LogP contribution in [0.25, 0.3) is 0 Å². The highest BCUT2D eigenvalue weighted by molar-refractivity contribution is 5.94. The first-order chi connectivity index (χ1) is 14.6. The monoisotopic (exact) mass is 468 g/mol. The molecule has 1 unspecified atom stereocenters. The molecule has 13 heteroatoms. The molecule has 0 heterocycles. The van der Waals surface area contributed by atoms with Gasteiger partial charge in [-0.05, 0) is 37.3 Å². The quantitative estimate of drug-likeness (QED) is 0.608. The normalized spacial score (nSPS) is 13.6. The zero-order chi connectivity index (χ0) is 24.3. The average molecular weight is 468 g/mol. The molecular formula is C19H12F8N2O3. The SMILES string of the molecule is CC(C#N)(CNC(=O)c1ccc(OC(F)(F)F)cc1)Oc1cc(F)c(F)cc1C(F)(F)F. The molecule has 2 rings (SSSR count). The van der Waals surface area contributed by atoms with Crippen LogP contribution in [0, 0.1) is 23.0 Å². The number of hydrogen-bond donors (Lipinski definition) is 1. The van der Waals surface area contributed by atoms with Crippen molar-refractivity contribution in [2.24, 2.45) is 0 Å². The molecule has 0 aliphatic heterocycles. The van der Waals surface area contributed by atoms with Crippen LogP contribution in [0.5, 0.6) is 11.5 Å². The number of amides is 1. The molecule has 0 aromatic heterocycles. The molecule has 0 saturated heterocycles. The number of alkyl halides is 6. The van der Waals surface area contributed by atoms with Gasteiger partial charge < -0.3 is 14.8 Å². The van der Waals surface area contributed by atoms with E-state index in [0.29, 0.717) is 0 Å². The number of nitrogens with zero attached hydrogens (tertiary/aromatic N) is 1. The molecule has 32 heavy (non-hydrogen) atoms. The van der Waals surface area contributed by atoms with Crippen molar-refractivity contribution in [3.8, 4) is 17.6 Å². The summed E-state index contributed by atoms with van der Waals surface area (Å²) in [6.07, 6.45) is -10.1. The van der Waals surface area contributed by atoms with E-state index in [2.05, 4.69) is 10.1 Å². The Bertz CT molecular complexity index is 1030. The zero-order valence-electron chi connectivity index (χ0n) is 15.9. The highest BCUT2D eigenvalue weighted by Crippen LogP contribution is 2.38. The number of nitrogens with one attached hydrogen (secondary N) is 1. The number of rotatable bonds is 6. The predicted octanol–water partition coefficient (Wildman–Crippen LogP) is 4.97. The van der Waals surface area contributed by atoms with Crippen LogP contribution in [0.1, 0.15) is 22.8 Å². The third-order valence-electron chi connectivity index (χ3n) is 3.84. The van der Waals surface area contributed by atoms with Crippen LogP contribution < -0.4 is 14.8 Å². The van der Waals surface area contributed by atoms with Crippen LogP contribution in [-0.4, -0.2) is 24.4 Å². The van der Waals surface area contributed by atoms with Gasteiger partial charge in [-0.15, -0.1) is 13.2 Å². The number of benzene rings is 2. The Kier molecular flexibility index (Phi) is 6.87.